The molecule has 1 aromatic carbocycles. The number of amides is 1. The topological polar surface area (TPSA) is 44.9 Å². The molecule has 2 aromatic rings. The van der Waals surface area contributed by atoms with Crippen molar-refractivity contribution in [3.8, 4) is 0 Å². The van der Waals surface area contributed by atoms with E-state index in [9.17, 15) is 4.79 Å². The molecular formula is C11H10N2OS2. The Morgan fingerprint density at radius 3 is 2.94 bits per heavy atom. The van der Waals surface area contributed by atoms with E-state index in [1.54, 1.807) is 5.38 Å². The van der Waals surface area contributed by atoms with Gasteiger partial charge in [0.2, 0.25) is 0 Å². The Labute approximate surface area is 102 Å². The fourth-order valence-electron chi connectivity index (χ4n) is 1.31. The van der Waals surface area contributed by atoms with Crippen LogP contribution in [-0.4, -0.2) is 10.9 Å². The lowest BCUT2D eigenvalue weighted by Crippen LogP contribution is -2.12. The van der Waals surface area contributed by atoms with Crippen LogP contribution in [0.2, 0.25) is 0 Å². The third-order valence-corrected chi connectivity index (χ3v) is 3.10. The van der Waals surface area contributed by atoms with Gasteiger partial charge in [0.15, 0.2) is 3.95 Å². The summed E-state index contributed by atoms with van der Waals surface area (Å²) < 4.78 is 0.606. The van der Waals surface area contributed by atoms with Crippen molar-refractivity contribution in [1.82, 2.24) is 4.98 Å². The molecule has 0 fully saturated rings. The average Bonchev–Trinajstić information content (AvgIpc) is 2.65. The van der Waals surface area contributed by atoms with E-state index in [-0.39, 0.29) is 5.91 Å². The second-order valence-electron chi connectivity index (χ2n) is 3.39. The average molecular weight is 250 g/mol. The fourth-order valence-corrected chi connectivity index (χ4v) is 2.13. The van der Waals surface area contributed by atoms with Gasteiger partial charge in [-0.15, -0.1) is 11.3 Å². The number of aryl methyl sites for hydroxylation is 1. The number of rotatable bonds is 2. The Hall–Kier alpha value is -1.46. The minimum atomic E-state index is -0.169. The molecule has 5 heteroatoms. The normalized spacial score (nSPS) is 10.1. The monoisotopic (exact) mass is 250 g/mol. The first-order valence-corrected chi connectivity index (χ1v) is 6.00. The number of nitrogens with one attached hydrogen (secondary N) is 2. The van der Waals surface area contributed by atoms with E-state index in [1.165, 1.54) is 11.3 Å². The minimum Gasteiger partial charge on any atom is -0.333 e. The van der Waals surface area contributed by atoms with Crippen molar-refractivity contribution in [3.05, 3.63) is 44.9 Å². The van der Waals surface area contributed by atoms with Crippen LogP contribution in [0.25, 0.3) is 0 Å². The lowest BCUT2D eigenvalue weighted by molar-refractivity contribution is 0.102. The number of aromatic nitrogens is 1. The van der Waals surface area contributed by atoms with Crippen molar-refractivity contribution < 1.29 is 4.79 Å². The van der Waals surface area contributed by atoms with Crippen molar-refractivity contribution in [1.29, 1.82) is 0 Å². The van der Waals surface area contributed by atoms with Gasteiger partial charge in [0, 0.05) is 11.1 Å². The third kappa shape index (κ3) is 2.56. The number of carbonyl (C=O) groups is 1. The summed E-state index contributed by atoms with van der Waals surface area (Å²) in [5.74, 6) is -0.169. The van der Waals surface area contributed by atoms with Crippen LogP contribution in [0.15, 0.2) is 29.6 Å². The summed E-state index contributed by atoms with van der Waals surface area (Å²) in [4.78, 5) is 14.6. The number of aromatic amines is 1. The number of thiazole rings is 1. The lowest BCUT2D eigenvalue weighted by Gasteiger charge is -2.03. The summed E-state index contributed by atoms with van der Waals surface area (Å²) in [6.07, 6.45) is 0. The maximum Gasteiger partial charge on any atom is 0.272 e. The maximum atomic E-state index is 11.8. The molecule has 2 N–H and O–H groups in total. The van der Waals surface area contributed by atoms with E-state index in [2.05, 4.69) is 10.3 Å². The van der Waals surface area contributed by atoms with E-state index in [0.717, 1.165) is 11.3 Å². The highest BCUT2D eigenvalue weighted by atomic mass is 32.1. The molecule has 0 spiro atoms. The number of anilines is 1. The maximum absolute atomic E-state index is 11.8. The number of benzene rings is 1. The van der Waals surface area contributed by atoms with Gasteiger partial charge in [0.05, 0.1) is 0 Å². The zero-order valence-corrected chi connectivity index (χ0v) is 10.2. The van der Waals surface area contributed by atoms with Crippen LogP contribution in [0, 0.1) is 10.9 Å². The second-order valence-corrected chi connectivity index (χ2v) is 4.93. The van der Waals surface area contributed by atoms with E-state index >= 15 is 0 Å². The third-order valence-electron chi connectivity index (χ3n) is 2.04. The molecule has 0 aliphatic carbocycles. The Kier molecular flexibility index (Phi) is 3.17. The van der Waals surface area contributed by atoms with E-state index in [1.807, 2.05) is 31.2 Å². The smallest absolute Gasteiger partial charge is 0.272 e. The molecule has 0 bridgehead atoms. The van der Waals surface area contributed by atoms with Crippen LogP contribution in [-0.2, 0) is 0 Å². The van der Waals surface area contributed by atoms with Crippen LogP contribution < -0.4 is 5.32 Å². The molecule has 0 aliphatic heterocycles. The van der Waals surface area contributed by atoms with Gasteiger partial charge in [-0.1, -0.05) is 12.1 Å². The molecule has 0 saturated carbocycles. The van der Waals surface area contributed by atoms with Crippen molar-refractivity contribution in [3.63, 3.8) is 0 Å². The van der Waals surface area contributed by atoms with Crippen LogP contribution in [0.4, 0.5) is 5.69 Å². The highest BCUT2D eigenvalue weighted by Gasteiger charge is 2.07. The first kappa shape index (κ1) is 11.0. The Bertz CT molecular complexity index is 571. The van der Waals surface area contributed by atoms with E-state index in [0.29, 0.717) is 9.65 Å². The van der Waals surface area contributed by atoms with Crippen molar-refractivity contribution in [2.75, 3.05) is 5.32 Å². The molecule has 2 rings (SSSR count). The minimum absolute atomic E-state index is 0.169. The molecule has 82 valence electrons. The van der Waals surface area contributed by atoms with Crippen LogP contribution in [0.5, 0.6) is 0 Å². The van der Waals surface area contributed by atoms with Gasteiger partial charge < -0.3 is 10.3 Å². The Balaban J connectivity index is 2.16. The van der Waals surface area contributed by atoms with Crippen molar-refractivity contribution in [2.45, 2.75) is 6.92 Å². The highest BCUT2D eigenvalue weighted by Crippen LogP contribution is 2.12. The molecule has 1 heterocycles. The van der Waals surface area contributed by atoms with Crippen molar-refractivity contribution in [2.24, 2.45) is 0 Å². The largest absolute Gasteiger partial charge is 0.333 e. The zero-order valence-electron chi connectivity index (χ0n) is 8.61. The summed E-state index contributed by atoms with van der Waals surface area (Å²) in [5.41, 5.74) is 2.39. The Morgan fingerprint density at radius 1 is 1.50 bits per heavy atom. The standard InChI is InChI=1S/C11H10N2OS2/c1-7-3-2-4-8(5-7)12-10(14)9-6-16-11(15)13-9/h2-6H,1H3,(H,12,14)(H,13,15). The first-order chi connectivity index (χ1) is 7.65. The summed E-state index contributed by atoms with van der Waals surface area (Å²) in [5, 5.41) is 4.52. The SMILES string of the molecule is Cc1cccc(NC(=O)c2csc(=S)[nH]2)c1. The van der Waals surface area contributed by atoms with Gasteiger partial charge >= 0.3 is 0 Å². The number of hydrogen-bond donors (Lipinski definition) is 2. The molecule has 16 heavy (non-hydrogen) atoms. The highest BCUT2D eigenvalue weighted by molar-refractivity contribution is 7.73. The molecule has 0 radical (unpaired) electrons. The quantitative estimate of drug-likeness (QED) is 0.803. The molecule has 0 unspecified atom stereocenters. The van der Waals surface area contributed by atoms with E-state index in [4.69, 9.17) is 12.2 Å². The van der Waals surface area contributed by atoms with Crippen LogP contribution in [0.3, 0.4) is 0 Å². The van der Waals surface area contributed by atoms with Crippen molar-refractivity contribution >= 4 is 35.1 Å². The molecule has 3 nitrogen and oxygen atoms in total. The summed E-state index contributed by atoms with van der Waals surface area (Å²) in [6, 6.07) is 7.65. The van der Waals surface area contributed by atoms with Gasteiger partial charge in [-0.05, 0) is 36.8 Å². The second kappa shape index (κ2) is 4.59. The van der Waals surface area contributed by atoms with Gasteiger partial charge in [-0.25, -0.2) is 0 Å². The lowest BCUT2D eigenvalue weighted by atomic mass is 10.2. The molecule has 1 aromatic heterocycles. The summed E-state index contributed by atoms with van der Waals surface area (Å²) in [6.45, 7) is 1.98. The number of H-pyrrole nitrogens is 1. The van der Waals surface area contributed by atoms with Crippen LogP contribution >= 0.6 is 23.6 Å². The van der Waals surface area contributed by atoms with Gasteiger partial charge in [-0.2, -0.15) is 0 Å². The predicted molar refractivity (Wildman–Crippen MR) is 68.6 cm³/mol. The molecular weight excluding hydrogens is 240 g/mol. The molecule has 0 saturated heterocycles. The summed E-state index contributed by atoms with van der Waals surface area (Å²) in [7, 11) is 0. The van der Waals surface area contributed by atoms with Gasteiger partial charge in [0.25, 0.3) is 5.91 Å². The number of carbonyl (C=O) groups excluding carboxylic acids is 1. The van der Waals surface area contributed by atoms with Gasteiger partial charge in [0.1, 0.15) is 5.69 Å². The predicted octanol–water partition coefficient (Wildman–Crippen LogP) is 3.37. The number of hydrogen-bond acceptors (Lipinski definition) is 3. The van der Waals surface area contributed by atoms with E-state index < -0.39 is 0 Å². The molecule has 0 aliphatic rings. The first-order valence-electron chi connectivity index (χ1n) is 4.71. The molecule has 0 atom stereocenters. The Morgan fingerprint density at radius 2 is 2.31 bits per heavy atom. The molecule has 1 amide bonds. The van der Waals surface area contributed by atoms with Crippen LogP contribution in [0.1, 0.15) is 16.1 Å². The zero-order chi connectivity index (χ0) is 11.5. The summed E-state index contributed by atoms with van der Waals surface area (Å²) >= 11 is 6.27. The van der Waals surface area contributed by atoms with Gasteiger partial charge in [-0.3, -0.25) is 4.79 Å². The fraction of sp³-hybridized carbons (Fsp3) is 0.0909.